The zero-order valence-corrected chi connectivity index (χ0v) is 18.9. The minimum Gasteiger partial charge on any atom is -0.459 e. The molecule has 0 saturated heterocycles. The third-order valence-corrected chi connectivity index (χ3v) is 5.67. The second-order valence-electron chi connectivity index (χ2n) is 7.77. The fourth-order valence-corrected chi connectivity index (χ4v) is 4.21. The lowest BCUT2D eigenvalue weighted by Crippen LogP contribution is -2.39. The molecule has 0 spiro atoms. The maximum atomic E-state index is 12.8. The number of nitrogens with one attached hydrogen (secondary N) is 1. The van der Waals surface area contributed by atoms with Gasteiger partial charge in [0.1, 0.15) is 0 Å². The number of benzene rings is 1. The van der Waals surface area contributed by atoms with E-state index >= 15 is 0 Å². The van der Waals surface area contributed by atoms with Gasteiger partial charge in [-0.1, -0.05) is 18.2 Å². The van der Waals surface area contributed by atoms with Gasteiger partial charge in [-0.05, 0) is 37.5 Å². The molecule has 8 heteroatoms. The molecule has 1 aliphatic heterocycles. The van der Waals surface area contributed by atoms with Crippen molar-refractivity contribution in [1.29, 1.82) is 0 Å². The Hall–Kier alpha value is -2.68. The average Bonchev–Trinajstić information content (AvgIpc) is 3.18. The van der Waals surface area contributed by atoms with E-state index in [1.807, 2.05) is 43.5 Å². The Bertz CT molecular complexity index is 967. The molecule has 8 nitrogen and oxygen atoms in total. The van der Waals surface area contributed by atoms with Crippen LogP contribution in [0, 0.1) is 5.92 Å². The van der Waals surface area contributed by atoms with E-state index in [1.165, 1.54) is 6.92 Å². The van der Waals surface area contributed by atoms with Gasteiger partial charge in [-0.3, -0.25) is 14.2 Å². The molecule has 3 rings (SSSR count). The number of allylic oxidation sites excluding steroid dienone is 1. The first-order valence-corrected chi connectivity index (χ1v) is 11.0. The molecule has 1 aromatic carbocycles. The van der Waals surface area contributed by atoms with Crippen LogP contribution in [0.5, 0.6) is 0 Å². The van der Waals surface area contributed by atoms with Crippen LogP contribution in [0.2, 0.25) is 0 Å². The molecule has 3 unspecified atom stereocenters. The first-order valence-electron chi connectivity index (χ1n) is 11.0. The van der Waals surface area contributed by atoms with Crippen molar-refractivity contribution in [1.82, 2.24) is 9.88 Å². The highest BCUT2D eigenvalue weighted by Gasteiger charge is 2.39. The largest absolute Gasteiger partial charge is 0.459 e. The van der Waals surface area contributed by atoms with E-state index in [2.05, 4.69) is 5.32 Å². The van der Waals surface area contributed by atoms with Gasteiger partial charge in [0.15, 0.2) is 5.76 Å². The number of amides is 1. The van der Waals surface area contributed by atoms with Gasteiger partial charge in [-0.2, -0.15) is 0 Å². The molecule has 0 radical (unpaired) electrons. The van der Waals surface area contributed by atoms with Gasteiger partial charge < -0.3 is 24.6 Å². The van der Waals surface area contributed by atoms with Crippen molar-refractivity contribution >= 4 is 22.7 Å². The average molecular weight is 445 g/mol. The zero-order valence-electron chi connectivity index (χ0n) is 18.9. The van der Waals surface area contributed by atoms with Crippen LogP contribution in [0.3, 0.4) is 0 Å². The third kappa shape index (κ3) is 5.20. The van der Waals surface area contributed by atoms with Gasteiger partial charge in [0, 0.05) is 57.2 Å². The molecular weight excluding hydrogens is 412 g/mol. The molecule has 1 amide bonds. The number of hydrogen-bond acceptors (Lipinski definition) is 6. The number of aliphatic hydroxyl groups excluding tert-OH is 1. The van der Waals surface area contributed by atoms with Gasteiger partial charge in [-0.15, -0.1) is 0 Å². The number of aliphatic hydroxyl groups is 1. The van der Waals surface area contributed by atoms with Crippen LogP contribution in [-0.2, 0) is 19.0 Å². The summed E-state index contributed by atoms with van der Waals surface area (Å²) >= 11 is 0. The van der Waals surface area contributed by atoms with Gasteiger partial charge in [0.05, 0.1) is 12.1 Å². The monoisotopic (exact) mass is 444 g/mol. The number of rotatable bonds is 10. The lowest BCUT2D eigenvalue weighted by atomic mass is 9.80. The SMILES string of the molecule is CCOC1OC(C(=O)NCCOC)=CC(c2cn(C(C)=O)c3ccccc23)C1CCCO. The van der Waals surface area contributed by atoms with Crippen molar-refractivity contribution in [2.75, 3.05) is 33.5 Å². The van der Waals surface area contributed by atoms with E-state index < -0.39 is 6.29 Å². The topological polar surface area (TPSA) is 99.0 Å². The summed E-state index contributed by atoms with van der Waals surface area (Å²) in [7, 11) is 1.57. The van der Waals surface area contributed by atoms with Crippen molar-refractivity contribution < 1.29 is 28.9 Å². The number of nitrogens with zero attached hydrogens (tertiary/aromatic N) is 1. The number of hydrogen-bond donors (Lipinski definition) is 2. The van der Waals surface area contributed by atoms with Crippen LogP contribution in [0.4, 0.5) is 0 Å². The normalized spacial score (nSPS) is 20.6. The number of carbonyl (C=O) groups excluding carboxylic acids is 2. The highest BCUT2D eigenvalue weighted by atomic mass is 16.7. The van der Waals surface area contributed by atoms with Crippen molar-refractivity contribution in [3.8, 4) is 0 Å². The number of ether oxygens (including phenoxy) is 3. The van der Waals surface area contributed by atoms with Crippen molar-refractivity contribution in [3.05, 3.63) is 47.9 Å². The highest BCUT2D eigenvalue weighted by molar-refractivity contribution is 5.95. The van der Waals surface area contributed by atoms with Crippen LogP contribution >= 0.6 is 0 Å². The van der Waals surface area contributed by atoms with Crippen LogP contribution in [0.1, 0.15) is 43.0 Å². The number of fused-ring (bicyclic) bond motifs is 1. The first kappa shape index (κ1) is 24.0. The van der Waals surface area contributed by atoms with Crippen LogP contribution in [0.15, 0.2) is 42.3 Å². The van der Waals surface area contributed by atoms with Gasteiger partial charge in [0.2, 0.25) is 12.2 Å². The summed E-state index contributed by atoms with van der Waals surface area (Å²) in [5, 5.41) is 13.2. The molecule has 3 atom stereocenters. The summed E-state index contributed by atoms with van der Waals surface area (Å²) in [5.41, 5.74) is 1.74. The summed E-state index contributed by atoms with van der Waals surface area (Å²) in [5.74, 6) is -0.615. The number of para-hydroxylation sites is 1. The van der Waals surface area contributed by atoms with Crippen LogP contribution in [-0.4, -0.2) is 61.3 Å². The Morgan fingerprint density at radius 1 is 1.28 bits per heavy atom. The minimum atomic E-state index is -0.649. The molecule has 1 aliphatic rings. The first-order chi connectivity index (χ1) is 15.5. The van der Waals surface area contributed by atoms with E-state index in [0.29, 0.717) is 32.6 Å². The van der Waals surface area contributed by atoms with Crippen LogP contribution < -0.4 is 5.32 Å². The summed E-state index contributed by atoms with van der Waals surface area (Å²) in [6.45, 7) is 4.61. The Balaban J connectivity index is 2.08. The lowest BCUT2D eigenvalue weighted by molar-refractivity contribution is -0.166. The molecule has 2 aromatic rings. The standard InChI is InChI=1S/C24H32N2O6/c1-4-31-24-18(9-7-12-27)19(14-22(32-24)23(29)25-11-13-30-3)20-15-26(16(2)28)21-10-6-5-8-17(20)21/h5-6,8,10,14-15,18-19,24,27H,4,7,9,11-13H2,1-3H3,(H,25,29). The van der Waals surface area contributed by atoms with Gasteiger partial charge >= 0.3 is 0 Å². The smallest absolute Gasteiger partial charge is 0.286 e. The highest BCUT2D eigenvalue weighted by Crippen LogP contribution is 2.42. The summed E-state index contributed by atoms with van der Waals surface area (Å²) in [6.07, 6.45) is 4.22. The number of carbonyl (C=O) groups is 2. The maximum Gasteiger partial charge on any atom is 0.286 e. The Kier molecular flexibility index (Phi) is 8.44. The second kappa shape index (κ2) is 11.3. The summed E-state index contributed by atoms with van der Waals surface area (Å²) in [6, 6.07) is 7.71. The molecule has 32 heavy (non-hydrogen) atoms. The van der Waals surface area contributed by atoms with Gasteiger partial charge in [0.25, 0.3) is 5.91 Å². The van der Waals surface area contributed by atoms with E-state index in [0.717, 1.165) is 16.5 Å². The molecule has 174 valence electrons. The van der Waals surface area contributed by atoms with Crippen molar-refractivity contribution in [2.45, 2.75) is 38.9 Å². The molecule has 0 bridgehead atoms. The van der Waals surface area contributed by atoms with E-state index in [9.17, 15) is 14.7 Å². The molecule has 2 heterocycles. The van der Waals surface area contributed by atoms with Crippen LogP contribution in [0.25, 0.3) is 10.9 Å². The predicted octanol–water partition coefficient (Wildman–Crippen LogP) is 2.81. The fourth-order valence-electron chi connectivity index (χ4n) is 4.21. The fraction of sp³-hybridized carbons (Fsp3) is 0.500. The zero-order chi connectivity index (χ0) is 23.1. The minimum absolute atomic E-state index is 0.0470. The van der Waals surface area contributed by atoms with Crippen molar-refractivity contribution in [3.63, 3.8) is 0 Å². The molecule has 0 aliphatic carbocycles. The Morgan fingerprint density at radius 2 is 2.06 bits per heavy atom. The predicted molar refractivity (Wildman–Crippen MR) is 120 cm³/mol. The Morgan fingerprint density at radius 3 is 2.75 bits per heavy atom. The summed E-state index contributed by atoms with van der Waals surface area (Å²) in [4.78, 5) is 25.1. The third-order valence-electron chi connectivity index (χ3n) is 5.67. The molecular formula is C24H32N2O6. The maximum absolute atomic E-state index is 12.8. The molecule has 0 saturated carbocycles. The van der Waals surface area contributed by atoms with E-state index in [1.54, 1.807) is 11.7 Å². The number of aromatic nitrogens is 1. The summed E-state index contributed by atoms with van der Waals surface area (Å²) < 4.78 is 18.5. The van der Waals surface area contributed by atoms with E-state index in [4.69, 9.17) is 14.2 Å². The lowest BCUT2D eigenvalue weighted by Gasteiger charge is -2.36. The number of methoxy groups -OCH3 is 1. The van der Waals surface area contributed by atoms with E-state index in [-0.39, 0.29) is 36.0 Å². The molecule has 0 fully saturated rings. The second-order valence-corrected chi connectivity index (χ2v) is 7.77. The molecule has 1 aromatic heterocycles. The van der Waals surface area contributed by atoms with Gasteiger partial charge in [-0.25, -0.2) is 0 Å². The quantitative estimate of drug-likeness (QED) is 0.547. The Labute approximate surface area is 188 Å². The van der Waals surface area contributed by atoms with Crippen molar-refractivity contribution in [2.24, 2.45) is 5.92 Å². The molecule has 2 N–H and O–H groups in total.